The highest BCUT2D eigenvalue weighted by Crippen LogP contribution is 2.42. The van der Waals surface area contributed by atoms with E-state index in [0.717, 1.165) is 38.2 Å². The fraction of sp³-hybridized carbons (Fsp3) is 0.297. The van der Waals surface area contributed by atoms with E-state index >= 15 is 0 Å². The fourth-order valence-corrected chi connectivity index (χ4v) is 7.39. The quantitative estimate of drug-likeness (QED) is 0.172. The number of aromatic nitrogens is 1. The van der Waals surface area contributed by atoms with Crippen LogP contribution in [-0.2, 0) is 24.2 Å². The highest BCUT2D eigenvalue weighted by atomic mass is 32.1. The van der Waals surface area contributed by atoms with Crippen LogP contribution in [0.25, 0.3) is 10.9 Å². The molecule has 0 bridgehead atoms. The number of methoxy groups -OCH3 is 1. The molecule has 1 aliphatic heterocycles. The second-order valence-electron chi connectivity index (χ2n) is 12.7. The smallest absolute Gasteiger partial charge is 0.341 e. The van der Waals surface area contributed by atoms with Crippen molar-refractivity contribution >= 4 is 39.1 Å². The van der Waals surface area contributed by atoms with Gasteiger partial charge in [-0.1, -0.05) is 60.7 Å². The molecule has 9 heteroatoms. The molecule has 1 amide bonds. The van der Waals surface area contributed by atoms with Crippen LogP contribution in [0, 0.1) is 0 Å². The molecule has 5 aromatic rings. The summed E-state index contributed by atoms with van der Waals surface area (Å²) in [4.78, 5) is 30.5. The van der Waals surface area contributed by atoms with Crippen molar-refractivity contribution < 1.29 is 19.1 Å². The largest absolute Gasteiger partial charge is 0.497 e. The Morgan fingerprint density at radius 3 is 2.37 bits per heavy atom. The number of nitrogen functional groups attached to an aromatic ring is 1. The molecule has 0 saturated heterocycles. The molecule has 0 saturated carbocycles. The molecule has 1 aliphatic rings. The third-order valence-electron chi connectivity index (χ3n) is 8.29. The van der Waals surface area contributed by atoms with Crippen LogP contribution in [0.3, 0.4) is 0 Å². The minimum atomic E-state index is -0.638. The molecular weight excluding hydrogens is 596 g/mol. The zero-order valence-corrected chi connectivity index (χ0v) is 27.5. The van der Waals surface area contributed by atoms with E-state index in [1.807, 2.05) is 81.6 Å². The highest BCUT2D eigenvalue weighted by molar-refractivity contribution is 7.16. The summed E-state index contributed by atoms with van der Waals surface area (Å²) in [6, 6.07) is 26.1. The van der Waals surface area contributed by atoms with E-state index in [4.69, 9.17) is 15.2 Å². The summed E-state index contributed by atoms with van der Waals surface area (Å²) in [6.45, 7) is 7.94. The predicted octanol–water partition coefficient (Wildman–Crippen LogP) is 6.83. The number of benzene rings is 3. The van der Waals surface area contributed by atoms with E-state index in [1.165, 1.54) is 11.3 Å². The second-order valence-corrected chi connectivity index (χ2v) is 13.7. The third-order valence-corrected chi connectivity index (χ3v) is 9.45. The minimum absolute atomic E-state index is 0.142. The number of hydrogen-bond acceptors (Lipinski definition) is 7. The summed E-state index contributed by atoms with van der Waals surface area (Å²) in [5.74, 6) is 0.254. The number of nitrogens with two attached hydrogens (primary N) is 1. The van der Waals surface area contributed by atoms with E-state index in [2.05, 4.69) is 39.0 Å². The fourth-order valence-electron chi connectivity index (χ4n) is 6.15. The van der Waals surface area contributed by atoms with Crippen molar-refractivity contribution in [1.29, 1.82) is 0 Å². The Hall–Kier alpha value is -4.60. The summed E-state index contributed by atoms with van der Waals surface area (Å²) in [6.07, 6.45) is 2.60. The average molecular weight is 637 g/mol. The Morgan fingerprint density at radius 2 is 1.65 bits per heavy atom. The molecule has 238 valence electrons. The first kappa shape index (κ1) is 31.4. The lowest BCUT2D eigenvalue weighted by Crippen LogP contribution is -2.41. The normalized spacial score (nSPS) is 15.0. The SMILES string of the molecule is COc1ccc(CN2CCc3c(sc(N)c3C(=O)OC(C)(C)C)C2CNC(=O)c2cn(Cc3ccccc3)c3ccccc23)cc1. The Kier molecular flexibility index (Phi) is 8.88. The van der Waals surface area contributed by atoms with Crippen LogP contribution in [0.15, 0.2) is 85.1 Å². The number of amides is 1. The molecule has 0 aliphatic carbocycles. The van der Waals surface area contributed by atoms with Crippen molar-refractivity contribution in [1.82, 2.24) is 14.8 Å². The van der Waals surface area contributed by atoms with Gasteiger partial charge in [0.15, 0.2) is 0 Å². The van der Waals surface area contributed by atoms with Crippen LogP contribution in [-0.4, -0.2) is 47.1 Å². The lowest BCUT2D eigenvalue weighted by Gasteiger charge is -2.36. The van der Waals surface area contributed by atoms with Crippen LogP contribution in [0.4, 0.5) is 5.00 Å². The molecule has 0 radical (unpaired) electrons. The molecular formula is C37H40N4O4S. The first-order chi connectivity index (χ1) is 22.1. The molecule has 2 aromatic heterocycles. The summed E-state index contributed by atoms with van der Waals surface area (Å²) in [7, 11) is 1.66. The summed E-state index contributed by atoms with van der Waals surface area (Å²) in [5, 5.41) is 4.60. The molecule has 0 fully saturated rings. The van der Waals surface area contributed by atoms with E-state index < -0.39 is 11.6 Å². The first-order valence-corrected chi connectivity index (χ1v) is 16.3. The van der Waals surface area contributed by atoms with Crippen molar-refractivity contribution in [3.63, 3.8) is 0 Å². The Bertz CT molecular complexity index is 1850. The van der Waals surface area contributed by atoms with E-state index in [-0.39, 0.29) is 11.9 Å². The highest BCUT2D eigenvalue weighted by Gasteiger charge is 2.36. The third kappa shape index (κ3) is 6.66. The number of anilines is 1. The predicted molar refractivity (Wildman–Crippen MR) is 184 cm³/mol. The van der Waals surface area contributed by atoms with Crippen molar-refractivity contribution in [2.24, 2.45) is 0 Å². The van der Waals surface area contributed by atoms with Crippen molar-refractivity contribution in [2.45, 2.75) is 51.9 Å². The average Bonchev–Trinajstić information content (AvgIpc) is 3.57. The molecule has 3 N–H and O–H groups in total. The van der Waals surface area contributed by atoms with Crippen LogP contribution in [0.2, 0.25) is 0 Å². The van der Waals surface area contributed by atoms with Gasteiger partial charge in [0.25, 0.3) is 5.91 Å². The number of esters is 1. The number of ether oxygens (including phenoxy) is 2. The van der Waals surface area contributed by atoms with Crippen LogP contribution in [0.1, 0.15) is 69.1 Å². The molecule has 3 heterocycles. The van der Waals surface area contributed by atoms with Gasteiger partial charge < -0.3 is 25.1 Å². The number of hydrogen-bond donors (Lipinski definition) is 2. The van der Waals surface area contributed by atoms with E-state index in [9.17, 15) is 9.59 Å². The summed E-state index contributed by atoms with van der Waals surface area (Å²) in [5.41, 5.74) is 11.2. The van der Waals surface area contributed by atoms with Gasteiger partial charge >= 0.3 is 5.97 Å². The Balaban J connectivity index is 1.30. The van der Waals surface area contributed by atoms with Crippen LogP contribution >= 0.6 is 11.3 Å². The molecule has 6 rings (SSSR count). The van der Waals surface area contributed by atoms with E-state index in [1.54, 1.807) is 7.11 Å². The number of nitrogens with zero attached hydrogens (tertiary/aromatic N) is 2. The molecule has 46 heavy (non-hydrogen) atoms. The van der Waals surface area contributed by atoms with Gasteiger partial charge in [0.1, 0.15) is 16.4 Å². The monoisotopic (exact) mass is 636 g/mol. The van der Waals surface area contributed by atoms with Gasteiger partial charge in [-0.3, -0.25) is 9.69 Å². The first-order valence-electron chi connectivity index (χ1n) is 15.5. The minimum Gasteiger partial charge on any atom is -0.497 e. The zero-order chi connectivity index (χ0) is 32.4. The lowest BCUT2D eigenvalue weighted by atomic mass is 9.96. The number of thiophene rings is 1. The Labute approximate surface area is 273 Å². The van der Waals surface area contributed by atoms with Crippen molar-refractivity contribution in [2.75, 3.05) is 25.9 Å². The maximum Gasteiger partial charge on any atom is 0.341 e. The van der Waals surface area contributed by atoms with Gasteiger partial charge in [-0.05, 0) is 62.1 Å². The molecule has 3 aromatic carbocycles. The standard InChI is InChI=1S/C37H40N4O4S/c1-37(2,3)45-36(43)32-28-18-19-40(21-25-14-16-26(44-4)17-15-25)31(33(28)46-34(32)38)20-39-35(42)29-23-41(22-24-10-6-5-7-11-24)30-13-9-8-12-27(29)30/h5-17,23,31H,18-22,38H2,1-4H3,(H,39,42). The van der Waals surface area contributed by atoms with Crippen LogP contribution in [0.5, 0.6) is 5.75 Å². The van der Waals surface area contributed by atoms with Gasteiger partial charge in [-0.15, -0.1) is 11.3 Å². The maximum absolute atomic E-state index is 13.9. The number of nitrogens with one attached hydrogen (secondary N) is 1. The number of carbonyl (C=O) groups is 2. The Morgan fingerprint density at radius 1 is 0.957 bits per heavy atom. The number of rotatable bonds is 9. The van der Waals surface area contributed by atoms with Gasteiger partial charge in [-0.2, -0.15) is 0 Å². The van der Waals surface area contributed by atoms with Crippen LogP contribution < -0.4 is 15.8 Å². The zero-order valence-electron chi connectivity index (χ0n) is 26.7. The molecule has 8 nitrogen and oxygen atoms in total. The number of fused-ring (bicyclic) bond motifs is 2. The van der Waals surface area contributed by atoms with Crippen molar-refractivity contribution in [3.05, 3.63) is 118 Å². The van der Waals surface area contributed by atoms with Gasteiger partial charge in [0.05, 0.1) is 24.3 Å². The summed E-state index contributed by atoms with van der Waals surface area (Å²) >= 11 is 1.41. The lowest BCUT2D eigenvalue weighted by molar-refractivity contribution is 0.00689. The molecule has 1 unspecified atom stereocenters. The molecule has 1 atom stereocenters. The number of para-hydroxylation sites is 1. The summed E-state index contributed by atoms with van der Waals surface area (Å²) < 4.78 is 13.2. The van der Waals surface area contributed by atoms with Crippen molar-refractivity contribution in [3.8, 4) is 5.75 Å². The van der Waals surface area contributed by atoms with Gasteiger partial charge in [-0.25, -0.2) is 4.79 Å². The van der Waals surface area contributed by atoms with Gasteiger partial charge in [0, 0.05) is 48.2 Å². The topological polar surface area (TPSA) is 98.8 Å². The maximum atomic E-state index is 13.9. The molecule has 0 spiro atoms. The van der Waals surface area contributed by atoms with Gasteiger partial charge in [0.2, 0.25) is 0 Å². The van der Waals surface area contributed by atoms with E-state index in [0.29, 0.717) is 48.7 Å². The number of carbonyl (C=O) groups excluding carboxylic acids is 2. The second kappa shape index (κ2) is 13.0.